The largest absolute Gasteiger partial charge is 0.303 e. The summed E-state index contributed by atoms with van der Waals surface area (Å²) >= 11 is 0. The lowest BCUT2D eigenvalue weighted by Crippen LogP contribution is -2.25. The Kier molecular flexibility index (Phi) is 3.42. The second-order valence-corrected chi connectivity index (χ2v) is 4.87. The molecular weight excluding hydrogens is 287 g/mol. The number of amides is 1. The Hall–Kier alpha value is -3.02. The molecule has 2 aromatic rings. The molecule has 1 amide bonds. The van der Waals surface area contributed by atoms with Crippen molar-refractivity contribution >= 4 is 17.2 Å². The maximum Gasteiger partial charge on any atom is 0.265 e. The first-order chi connectivity index (χ1) is 10.6. The molecule has 1 heterocycles. The quantitative estimate of drug-likeness (QED) is 0.497. The number of rotatable bonds is 3. The van der Waals surface area contributed by atoms with Gasteiger partial charge in [0.05, 0.1) is 17.2 Å². The Morgan fingerprint density at radius 1 is 1.18 bits per heavy atom. The standard InChI is InChI=1S/C16H11FN2O3/c17-12-6-7-15-13(8-12)14(10-19(21)22)16(20)18(15)9-11-4-2-1-3-5-11/h1-8,10H,9H2. The molecule has 6 heteroatoms. The summed E-state index contributed by atoms with van der Waals surface area (Å²) in [7, 11) is 0. The Balaban J connectivity index is 2.06. The van der Waals surface area contributed by atoms with E-state index in [4.69, 9.17) is 0 Å². The van der Waals surface area contributed by atoms with Crippen LogP contribution in [0.15, 0.2) is 54.7 Å². The van der Waals surface area contributed by atoms with E-state index in [-0.39, 0.29) is 17.7 Å². The third-order valence-corrected chi connectivity index (χ3v) is 3.43. The van der Waals surface area contributed by atoms with Crippen molar-refractivity contribution in [2.45, 2.75) is 6.54 Å². The number of carbonyl (C=O) groups excluding carboxylic acids is 1. The highest BCUT2D eigenvalue weighted by molar-refractivity contribution is 6.32. The van der Waals surface area contributed by atoms with Crippen LogP contribution in [-0.4, -0.2) is 10.8 Å². The highest BCUT2D eigenvalue weighted by Crippen LogP contribution is 2.38. The number of hydrogen-bond donors (Lipinski definition) is 0. The minimum Gasteiger partial charge on any atom is -0.303 e. The smallest absolute Gasteiger partial charge is 0.265 e. The van der Waals surface area contributed by atoms with E-state index >= 15 is 0 Å². The number of carbonyl (C=O) groups is 1. The van der Waals surface area contributed by atoms with Gasteiger partial charge < -0.3 is 4.90 Å². The average molecular weight is 298 g/mol. The van der Waals surface area contributed by atoms with Crippen LogP contribution in [-0.2, 0) is 11.3 Å². The molecule has 1 aliphatic heterocycles. The molecule has 22 heavy (non-hydrogen) atoms. The van der Waals surface area contributed by atoms with Crippen LogP contribution < -0.4 is 4.90 Å². The summed E-state index contributed by atoms with van der Waals surface area (Å²) in [6, 6.07) is 13.1. The van der Waals surface area contributed by atoms with Gasteiger partial charge in [-0.15, -0.1) is 0 Å². The summed E-state index contributed by atoms with van der Waals surface area (Å²) in [5.74, 6) is -1.04. The monoisotopic (exact) mass is 298 g/mol. The molecule has 0 fully saturated rings. The van der Waals surface area contributed by atoms with Crippen molar-refractivity contribution in [3.63, 3.8) is 0 Å². The second-order valence-electron chi connectivity index (χ2n) is 4.87. The van der Waals surface area contributed by atoms with Crippen molar-refractivity contribution in [3.05, 3.63) is 81.8 Å². The second kappa shape index (κ2) is 5.40. The molecule has 3 rings (SSSR count). The molecule has 0 bridgehead atoms. The zero-order valence-corrected chi connectivity index (χ0v) is 11.4. The number of nitrogens with zero attached hydrogens (tertiary/aromatic N) is 2. The zero-order valence-electron chi connectivity index (χ0n) is 11.4. The molecule has 5 nitrogen and oxygen atoms in total. The van der Waals surface area contributed by atoms with Crippen LogP contribution >= 0.6 is 0 Å². The molecule has 0 N–H and O–H groups in total. The predicted molar refractivity (Wildman–Crippen MR) is 79.0 cm³/mol. The lowest BCUT2D eigenvalue weighted by atomic mass is 10.1. The molecule has 110 valence electrons. The number of anilines is 1. The maximum atomic E-state index is 13.4. The van der Waals surface area contributed by atoms with Crippen LogP contribution in [0.4, 0.5) is 10.1 Å². The number of fused-ring (bicyclic) bond motifs is 1. The number of halogens is 1. The molecule has 0 unspecified atom stereocenters. The number of hydrogen-bond acceptors (Lipinski definition) is 3. The van der Waals surface area contributed by atoms with Crippen molar-refractivity contribution in [2.75, 3.05) is 4.90 Å². The van der Waals surface area contributed by atoms with Crippen LogP contribution in [0.25, 0.3) is 5.57 Å². The van der Waals surface area contributed by atoms with Gasteiger partial charge in [0.2, 0.25) is 6.20 Å². The van der Waals surface area contributed by atoms with E-state index in [9.17, 15) is 19.3 Å². The van der Waals surface area contributed by atoms with Crippen molar-refractivity contribution < 1.29 is 14.1 Å². The van der Waals surface area contributed by atoms with Crippen LogP contribution in [0.3, 0.4) is 0 Å². The van der Waals surface area contributed by atoms with Gasteiger partial charge in [0.25, 0.3) is 5.91 Å². The molecule has 0 spiro atoms. The van der Waals surface area contributed by atoms with E-state index in [1.54, 1.807) is 0 Å². The van der Waals surface area contributed by atoms with E-state index in [0.29, 0.717) is 11.9 Å². The average Bonchev–Trinajstić information content (AvgIpc) is 2.73. The molecular formula is C16H11FN2O3. The van der Waals surface area contributed by atoms with Crippen LogP contribution in [0.5, 0.6) is 0 Å². The van der Waals surface area contributed by atoms with Gasteiger partial charge in [0.15, 0.2) is 0 Å². The topological polar surface area (TPSA) is 63.4 Å². The van der Waals surface area contributed by atoms with Gasteiger partial charge in [-0.1, -0.05) is 30.3 Å². The summed E-state index contributed by atoms with van der Waals surface area (Å²) in [6.45, 7) is 0.271. The molecule has 0 aliphatic carbocycles. The molecule has 1 aliphatic rings. The number of benzene rings is 2. The Bertz CT molecular complexity index is 787. The van der Waals surface area contributed by atoms with Gasteiger partial charge in [0.1, 0.15) is 11.4 Å². The van der Waals surface area contributed by atoms with Crippen molar-refractivity contribution in [2.24, 2.45) is 0 Å². The van der Waals surface area contributed by atoms with Gasteiger partial charge in [-0.3, -0.25) is 14.9 Å². The van der Waals surface area contributed by atoms with Crippen LogP contribution in [0, 0.1) is 15.9 Å². The molecule has 0 saturated heterocycles. The van der Waals surface area contributed by atoms with Gasteiger partial charge in [-0.25, -0.2) is 4.39 Å². The molecule has 0 saturated carbocycles. The SMILES string of the molecule is O=C1C(=C[N+](=O)[O-])c2cc(F)ccc2N1Cc1ccccc1. The van der Waals surface area contributed by atoms with E-state index in [2.05, 4.69) is 0 Å². The van der Waals surface area contributed by atoms with Gasteiger partial charge >= 0.3 is 0 Å². The first-order valence-electron chi connectivity index (χ1n) is 6.57. The number of nitro groups is 1. The fraction of sp³-hybridized carbons (Fsp3) is 0.0625. The van der Waals surface area contributed by atoms with E-state index in [1.807, 2.05) is 30.3 Å². The minimum atomic E-state index is -0.700. The van der Waals surface area contributed by atoms with Crippen LogP contribution in [0.1, 0.15) is 11.1 Å². The Morgan fingerprint density at radius 3 is 2.59 bits per heavy atom. The third kappa shape index (κ3) is 2.46. The Morgan fingerprint density at radius 2 is 1.91 bits per heavy atom. The first-order valence-corrected chi connectivity index (χ1v) is 6.57. The lowest BCUT2D eigenvalue weighted by Gasteiger charge is -2.17. The summed E-state index contributed by atoms with van der Waals surface area (Å²) in [5, 5.41) is 10.7. The van der Waals surface area contributed by atoms with Gasteiger partial charge in [0, 0.05) is 5.56 Å². The fourth-order valence-corrected chi connectivity index (χ4v) is 2.48. The molecule has 2 aromatic carbocycles. The lowest BCUT2D eigenvalue weighted by molar-refractivity contribution is -0.401. The predicted octanol–water partition coefficient (Wildman–Crippen LogP) is 2.99. The summed E-state index contributed by atoms with van der Waals surface area (Å²) in [4.78, 5) is 23.9. The minimum absolute atomic E-state index is 0.101. The first kappa shape index (κ1) is 13.9. The third-order valence-electron chi connectivity index (χ3n) is 3.43. The van der Waals surface area contributed by atoms with Crippen molar-refractivity contribution in [1.29, 1.82) is 0 Å². The van der Waals surface area contributed by atoms with Gasteiger partial charge in [-0.05, 0) is 23.8 Å². The van der Waals surface area contributed by atoms with Gasteiger partial charge in [-0.2, -0.15) is 0 Å². The van der Waals surface area contributed by atoms with Crippen molar-refractivity contribution in [1.82, 2.24) is 0 Å². The summed E-state index contributed by atoms with van der Waals surface area (Å²) in [5.41, 5.74) is 1.50. The highest BCUT2D eigenvalue weighted by Gasteiger charge is 2.34. The molecule has 0 aromatic heterocycles. The maximum absolute atomic E-state index is 13.4. The van der Waals surface area contributed by atoms with E-state index < -0.39 is 16.6 Å². The van der Waals surface area contributed by atoms with Crippen molar-refractivity contribution in [3.8, 4) is 0 Å². The highest BCUT2D eigenvalue weighted by atomic mass is 19.1. The van der Waals surface area contributed by atoms with E-state index in [0.717, 1.165) is 11.6 Å². The summed E-state index contributed by atoms with van der Waals surface area (Å²) in [6.07, 6.45) is 0.631. The Labute approximate surface area is 125 Å². The fourth-order valence-electron chi connectivity index (χ4n) is 2.48. The van der Waals surface area contributed by atoms with Crippen LogP contribution in [0.2, 0.25) is 0 Å². The molecule has 0 atom stereocenters. The molecule has 0 radical (unpaired) electrons. The summed E-state index contributed by atoms with van der Waals surface area (Å²) < 4.78 is 13.4. The zero-order chi connectivity index (χ0) is 15.7. The normalized spacial score (nSPS) is 15.2. The van der Waals surface area contributed by atoms with E-state index in [1.165, 1.54) is 17.0 Å².